The van der Waals surface area contributed by atoms with Crippen molar-refractivity contribution in [1.29, 1.82) is 0 Å². The van der Waals surface area contributed by atoms with Crippen molar-refractivity contribution in [2.75, 3.05) is 47.5 Å². The first kappa shape index (κ1) is 68.4. The van der Waals surface area contributed by atoms with Crippen LogP contribution in [0.5, 0.6) is 0 Å². The number of aliphatic carboxylic acids is 1. The molecule has 9 heteroatoms. The molecule has 0 bridgehead atoms. The highest BCUT2D eigenvalue weighted by atomic mass is 16.7. The van der Waals surface area contributed by atoms with Crippen LogP contribution in [0.25, 0.3) is 0 Å². The topological polar surface area (TPSA) is 108 Å². The Hall–Kier alpha value is -4.57. The maximum atomic E-state index is 12.9. The molecule has 0 amide bonds. The minimum Gasteiger partial charge on any atom is -0.477 e. The molecular weight excluding hydrogens is 911 g/mol. The molecule has 0 aliphatic heterocycles. The molecular formula is C64H104NO8+. The third-order valence-corrected chi connectivity index (χ3v) is 11.4. The van der Waals surface area contributed by atoms with Crippen LogP contribution < -0.4 is 0 Å². The monoisotopic (exact) mass is 1010 g/mol. The van der Waals surface area contributed by atoms with E-state index in [1.165, 1.54) is 57.8 Å². The number of carboxylic acid groups (broad SMARTS) is 1. The van der Waals surface area contributed by atoms with Crippen LogP contribution in [0.1, 0.15) is 194 Å². The largest absolute Gasteiger partial charge is 0.477 e. The Morgan fingerprint density at radius 1 is 0.411 bits per heavy atom. The molecule has 9 nitrogen and oxygen atoms in total. The fourth-order valence-electron chi connectivity index (χ4n) is 7.11. The van der Waals surface area contributed by atoms with E-state index < -0.39 is 30.3 Å². The van der Waals surface area contributed by atoms with Crippen LogP contribution in [0.2, 0.25) is 0 Å². The van der Waals surface area contributed by atoms with Crippen molar-refractivity contribution in [3.8, 4) is 0 Å². The van der Waals surface area contributed by atoms with Gasteiger partial charge in [-0.3, -0.25) is 9.59 Å². The van der Waals surface area contributed by atoms with Crippen LogP contribution >= 0.6 is 0 Å². The molecule has 1 N–H and O–H groups in total. The lowest BCUT2D eigenvalue weighted by molar-refractivity contribution is -0.870. The lowest BCUT2D eigenvalue weighted by Gasteiger charge is -2.25. The molecule has 0 rings (SSSR count). The first-order valence-electron chi connectivity index (χ1n) is 28.3. The number of nitrogens with zero attached hydrogens (tertiary/aromatic N) is 1. The van der Waals surface area contributed by atoms with Gasteiger partial charge in [0.05, 0.1) is 34.4 Å². The van der Waals surface area contributed by atoms with Gasteiger partial charge in [0.2, 0.25) is 0 Å². The van der Waals surface area contributed by atoms with Crippen molar-refractivity contribution >= 4 is 17.9 Å². The summed E-state index contributed by atoms with van der Waals surface area (Å²) >= 11 is 0. The average molecular weight is 1020 g/mol. The standard InChI is InChI=1S/C64H103NO8/c1-6-8-10-12-14-16-18-20-22-24-25-26-27-28-29-30-31-32-33-34-35-36-37-39-41-43-45-47-49-51-53-55-62(67)73-60(59-72-64(63(68)69)70-57-56-65(3,4)5)58-71-61(66)54-52-50-48-46-44-42-40-38-23-21-19-17-15-13-11-9-7-2/h8-11,14-17,20-23,25-26,28-29,31-32,40,42,46,48,60,64H,6-7,12-13,18-19,24,27,30,33-39,41,43-45,47,49-59H2,1-5H3/p+1/b10-8-,11-9-,16-14-,17-15-,22-20-,23-21-,26-25-,29-28-,32-31-,42-40-,48-46-. The fraction of sp³-hybridized carbons (Fsp3) is 0.609. The van der Waals surface area contributed by atoms with Crippen molar-refractivity contribution in [3.05, 3.63) is 134 Å². The van der Waals surface area contributed by atoms with E-state index in [2.05, 4.69) is 148 Å². The Kier molecular flexibility index (Phi) is 50.4. The van der Waals surface area contributed by atoms with Crippen LogP contribution in [0.3, 0.4) is 0 Å². The summed E-state index contributed by atoms with van der Waals surface area (Å²) in [5.74, 6) is -2.10. The molecule has 0 fully saturated rings. The maximum Gasteiger partial charge on any atom is 0.361 e. The molecule has 0 aromatic rings. The number of likely N-dealkylation sites (N-methyl/N-ethyl adjacent to an activating group) is 1. The highest BCUT2D eigenvalue weighted by molar-refractivity contribution is 5.71. The first-order chi connectivity index (χ1) is 35.6. The average Bonchev–Trinajstić information content (AvgIpc) is 3.36. The lowest BCUT2D eigenvalue weighted by Crippen LogP contribution is -2.40. The van der Waals surface area contributed by atoms with Crippen LogP contribution in [0, 0.1) is 0 Å². The van der Waals surface area contributed by atoms with Gasteiger partial charge < -0.3 is 28.5 Å². The summed E-state index contributed by atoms with van der Waals surface area (Å²) in [6.07, 6.45) is 74.0. The number of unbranched alkanes of at least 4 members (excludes halogenated alkanes) is 13. The Labute approximate surface area is 446 Å². The van der Waals surface area contributed by atoms with E-state index in [-0.39, 0.29) is 32.7 Å². The summed E-state index contributed by atoms with van der Waals surface area (Å²) in [6, 6.07) is 0. The van der Waals surface area contributed by atoms with Gasteiger partial charge in [0.1, 0.15) is 13.2 Å². The third kappa shape index (κ3) is 55.0. The molecule has 0 heterocycles. The molecule has 73 heavy (non-hydrogen) atoms. The van der Waals surface area contributed by atoms with E-state index in [0.29, 0.717) is 23.9 Å². The van der Waals surface area contributed by atoms with E-state index in [9.17, 15) is 19.5 Å². The van der Waals surface area contributed by atoms with E-state index in [0.717, 1.165) is 96.3 Å². The van der Waals surface area contributed by atoms with Crippen molar-refractivity contribution in [3.63, 3.8) is 0 Å². The van der Waals surface area contributed by atoms with Gasteiger partial charge in [-0.25, -0.2) is 4.79 Å². The number of quaternary nitrogens is 1. The Balaban J connectivity index is 4.30. The normalized spacial score (nSPS) is 13.8. The summed E-state index contributed by atoms with van der Waals surface area (Å²) in [6.45, 7) is 4.56. The Bertz CT molecular complexity index is 1650. The van der Waals surface area contributed by atoms with Crippen molar-refractivity contribution in [2.24, 2.45) is 0 Å². The first-order valence-corrected chi connectivity index (χ1v) is 28.3. The number of carboxylic acids is 1. The second-order valence-electron chi connectivity index (χ2n) is 19.5. The number of ether oxygens (including phenoxy) is 4. The van der Waals surface area contributed by atoms with Gasteiger partial charge in [-0.15, -0.1) is 0 Å². The highest BCUT2D eigenvalue weighted by Gasteiger charge is 2.25. The zero-order valence-corrected chi connectivity index (χ0v) is 46.7. The fourth-order valence-corrected chi connectivity index (χ4v) is 7.11. The van der Waals surface area contributed by atoms with Gasteiger partial charge >= 0.3 is 17.9 Å². The van der Waals surface area contributed by atoms with Crippen LogP contribution in [-0.2, 0) is 33.3 Å². The number of allylic oxidation sites excluding steroid dienone is 22. The number of rotatable bonds is 50. The molecule has 2 atom stereocenters. The Morgan fingerprint density at radius 3 is 1.14 bits per heavy atom. The van der Waals surface area contributed by atoms with Crippen LogP contribution in [0.15, 0.2) is 134 Å². The molecule has 0 aliphatic carbocycles. The molecule has 2 unspecified atom stereocenters. The van der Waals surface area contributed by atoms with Gasteiger partial charge in [-0.2, -0.15) is 0 Å². The van der Waals surface area contributed by atoms with E-state index >= 15 is 0 Å². The van der Waals surface area contributed by atoms with Crippen LogP contribution in [0.4, 0.5) is 0 Å². The zero-order chi connectivity index (χ0) is 53.4. The van der Waals surface area contributed by atoms with Gasteiger partial charge in [0.15, 0.2) is 6.10 Å². The van der Waals surface area contributed by atoms with Crippen molar-refractivity contribution < 1.29 is 42.9 Å². The summed E-state index contributed by atoms with van der Waals surface area (Å²) in [7, 11) is 5.94. The number of carbonyl (C=O) groups excluding carboxylic acids is 2. The van der Waals surface area contributed by atoms with E-state index in [1.807, 2.05) is 21.1 Å². The summed E-state index contributed by atoms with van der Waals surface area (Å²) < 4.78 is 22.8. The smallest absolute Gasteiger partial charge is 0.361 e. The minimum atomic E-state index is -1.53. The molecule has 0 aliphatic rings. The predicted molar refractivity (Wildman–Crippen MR) is 308 cm³/mol. The molecule has 0 saturated heterocycles. The van der Waals surface area contributed by atoms with Gasteiger partial charge in [0.25, 0.3) is 6.29 Å². The summed E-state index contributed by atoms with van der Waals surface area (Å²) in [5, 5.41) is 9.69. The Morgan fingerprint density at radius 2 is 0.753 bits per heavy atom. The number of hydrogen-bond acceptors (Lipinski definition) is 7. The molecule has 0 aromatic heterocycles. The SMILES string of the molecule is CC/C=C\C/C=C\C/C=C\C/C=C\C/C=C\C/C=C\CCCCCCCCCCCCCCC(=O)OC(COC(=O)CCC/C=C\C/C=C\C/C=C\C/C=C\C/C=C\CC)COC(OCC[N+](C)(C)C)C(=O)O. The number of hydrogen-bond donors (Lipinski definition) is 1. The van der Waals surface area contributed by atoms with Crippen molar-refractivity contribution in [2.45, 2.75) is 206 Å². The van der Waals surface area contributed by atoms with Gasteiger partial charge in [0, 0.05) is 12.8 Å². The molecule has 0 spiro atoms. The maximum absolute atomic E-state index is 12.9. The number of esters is 2. The molecule has 0 aromatic carbocycles. The second-order valence-corrected chi connectivity index (χ2v) is 19.5. The zero-order valence-electron chi connectivity index (χ0n) is 46.7. The quantitative estimate of drug-likeness (QED) is 0.0211. The third-order valence-electron chi connectivity index (χ3n) is 11.4. The summed E-state index contributed by atoms with van der Waals surface area (Å²) in [5.41, 5.74) is 0. The van der Waals surface area contributed by atoms with Gasteiger partial charge in [-0.1, -0.05) is 212 Å². The molecule has 412 valence electrons. The van der Waals surface area contributed by atoms with Crippen molar-refractivity contribution in [1.82, 2.24) is 0 Å². The van der Waals surface area contributed by atoms with E-state index in [4.69, 9.17) is 18.9 Å². The second kappa shape index (κ2) is 53.7. The number of carbonyl (C=O) groups is 3. The lowest BCUT2D eigenvalue weighted by atomic mass is 10.0. The predicted octanol–water partition coefficient (Wildman–Crippen LogP) is 16.7. The van der Waals surface area contributed by atoms with Crippen LogP contribution in [-0.4, -0.2) is 87.4 Å². The molecule has 0 radical (unpaired) electrons. The van der Waals surface area contributed by atoms with E-state index in [1.54, 1.807) is 0 Å². The summed E-state index contributed by atoms with van der Waals surface area (Å²) in [4.78, 5) is 37.4. The highest BCUT2D eigenvalue weighted by Crippen LogP contribution is 2.14. The minimum absolute atomic E-state index is 0.171. The molecule has 0 saturated carbocycles. The van der Waals surface area contributed by atoms with Gasteiger partial charge in [-0.05, 0) is 103 Å².